The van der Waals surface area contributed by atoms with Gasteiger partial charge >= 0.3 is 13.2 Å². The van der Waals surface area contributed by atoms with Crippen LogP contribution < -0.4 is 0 Å². The number of phenolic OH excluding ortho intramolecular Hbond substituents is 1. The summed E-state index contributed by atoms with van der Waals surface area (Å²) in [4.78, 5) is 38.5. The van der Waals surface area contributed by atoms with Crippen molar-refractivity contribution in [1.29, 1.82) is 0 Å². The molecular weight excluding hydrogens is 389 g/mol. The Hall–Kier alpha value is -2.65. The molecule has 1 aromatic carbocycles. The van der Waals surface area contributed by atoms with Crippen LogP contribution >= 0.6 is 0 Å². The first kappa shape index (κ1) is 20.6. The van der Waals surface area contributed by atoms with Gasteiger partial charge < -0.3 is 19.5 Å². The van der Waals surface area contributed by atoms with E-state index in [1.54, 1.807) is 26.0 Å². The average molecular weight is 413 g/mol. The van der Waals surface area contributed by atoms with Crippen LogP contribution in [0.4, 0.5) is 4.79 Å². The summed E-state index contributed by atoms with van der Waals surface area (Å²) in [5.74, 6) is -2.76. The quantitative estimate of drug-likeness (QED) is 0.536. The molecule has 9 heteroatoms. The van der Waals surface area contributed by atoms with Gasteiger partial charge in [-0.05, 0) is 73.8 Å². The molecule has 0 unspecified atom stereocenters. The molecular formula is C21H24BNO7. The Labute approximate surface area is 174 Å². The third-order valence-electron chi connectivity index (χ3n) is 6.60. The van der Waals surface area contributed by atoms with Gasteiger partial charge in [0.15, 0.2) is 0 Å². The molecule has 0 spiro atoms. The number of imide groups is 3. The number of amides is 3. The van der Waals surface area contributed by atoms with E-state index in [0.717, 1.165) is 18.2 Å². The van der Waals surface area contributed by atoms with Gasteiger partial charge in [0.05, 0.1) is 25.0 Å². The molecule has 158 valence electrons. The van der Waals surface area contributed by atoms with Gasteiger partial charge in [-0.15, -0.1) is 0 Å². The SMILES string of the molecule is COC(=O)N1C(=O)[C@H]2[C@H](CC(C)=C3B(O)O[C@H](c4cc(C)c(O)c(C)c4)C[C@H]32)C1=O. The van der Waals surface area contributed by atoms with Crippen LogP contribution in [-0.2, 0) is 19.0 Å². The summed E-state index contributed by atoms with van der Waals surface area (Å²) in [5, 5.41) is 20.8. The maximum atomic E-state index is 13.0. The van der Waals surface area contributed by atoms with Crippen LogP contribution in [0.15, 0.2) is 23.2 Å². The van der Waals surface area contributed by atoms with Crippen LogP contribution in [0, 0.1) is 31.6 Å². The number of allylic oxidation sites excluding steroid dienone is 2. The summed E-state index contributed by atoms with van der Waals surface area (Å²) < 4.78 is 10.5. The van der Waals surface area contributed by atoms with Crippen molar-refractivity contribution in [2.45, 2.75) is 39.7 Å². The molecule has 4 atom stereocenters. The molecule has 30 heavy (non-hydrogen) atoms. The summed E-state index contributed by atoms with van der Waals surface area (Å²) >= 11 is 0. The molecule has 3 amide bonds. The molecule has 3 aliphatic rings. The van der Waals surface area contributed by atoms with Gasteiger partial charge in [-0.2, -0.15) is 4.90 Å². The first-order valence-corrected chi connectivity index (χ1v) is 9.94. The van der Waals surface area contributed by atoms with E-state index in [1.165, 1.54) is 0 Å². The van der Waals surface area contributed by atoms with Crippen molar-refractivity contribution in [1.82, 2.24) is 4.90 Å². The fourth-order valence-electron chi connectivity index (χ4n) is 5.22. The number of carbonyl (C=O) groups excluding carboxylic acids is 3. The first-order chi connectivity index (χ1) is 14.1. The lowest BCUT2D eigenvalue weighted by Gasteiger charge is -2.41. The maximum Gasteiger partial charge on any atom is 0.487 e. The highest BCUT2D eigenvalue weighted by atomic mass is 16.5. The zero-order valence-corrected chi connectivity index (χ0v) is 17.3. The first-order valence-electron chi connectivity index (χ1n) is 9.94. The molecule has 0 bridgehead atoms. The van der Waals surface area contributed by atoms with Crippen LogP contribution in [0.2, 0.25) is 0 Å². The Kier molecular flexibility index (Phi) is 4.98. The summed E-state index contributed by atoms with van der Waals surface area (Å²) in [6.07, 6.45) is -0.833. The Balaban J connectivity index is 1.73. The third kappa shape index (κ3) is 2.95. The summed E-state index contributed by atoms with van der Waals surface area (Å²) in [6.45, 7) is 5.38. The van der Waals surface area contributed by atoms with Crippen molar-refractivity contribution >= 4 is 25.0 Å². The second-order valence-corrected chi connectivity index (χ2v) is 8.38. The van der Waals surface area contributed by atoms with E-state index in [4.69, 9.17) is 4.65 Å². The van der Waals surface area contributed by atoms with E-state index in [0.29, 0.717) is 27.9 Å². The van der Waals surface area contributed by atoms with E-state index >= 15 is 0 Å². The van der Waals surface area contributed by atoms with Gasteiger partial charge in [-0.1, -0.05) is 5.57 Å². The molecule has 1 aliphatic carbocycles. The monoisotopic (exact) mass is 413 g/mol. The van der Waals surface area contributed by atoms with Gasteiger partial charge in [0.2, 0.25) is 11.8 Å². The molecule has 2 heterocycles. The van der Waals surface area contributed by atoms with Crippen molar-refractivity contribution in [2.24, 2.45) is 17.8 Å². The normalized spacial score (nSPS) is 28.6. The molecule has 4 rings (SSSR count). The molecule has 2 saturated heterocycles. The van der Waals surface area contributed by atoms with Crippen LogP contribution in [0.25, 0.3) is 0 Å². The van der Waals surface area contributed by atoms with Gasteiger partial charge in [0, 0.05) is 0 Å². The number of phenols is 1. The number of rotatable bonds is 1. The average Bonchev–Trinajstić information content (AvgIpc) is 2.94. The lowest BCUT2D eigenvalue weighted by atomic mass is 9.55. The van der Waals surface area contributed by atoms with Crippen molar-refractivity contribution in [3.05, 3.63) is 39.9 Å². The minimum atomic E-state index is -1.21. The number of nitrogens with zero attached hydrogens (tertiary/aromatic N) is 1. The van der Waals surface area contributed by atoms with Gasteiger partial charge in [0.1, 0.15) is 5.75 Å². The maximum absolute atomic E-state index is 13.0. The Bertz CT molecular complexity index is 965. The van der Waals surface area contributed by atoms with E-state index in [9.17, 15) is 24.5 Å². The van der Waals surface area contributed by atoms with Crippen molar-refractivity contribution in [3.63, 3.8) is 0 Å². The summed E-state index contributed by atoms with van der Waals surface area (Å²) in [6, 6.07) is 3.59. The molecule has 0 aromatic heterocycles. The Morgan fingerprint density at radius 1 is 1.17 bits per heavy atom. The lowest BCUT2D eigenvalue weighted by Crippen LogP contribution is -2.44. The number of carbonyl (C=O) groups is 3. The van der Waals surface area contributed by atoms with Crippen molar-refractivity contribution < 1.29 is 33.9 Å². The van der Waals surface area contributed by atoms with Crippen molar-refractivity contribution in [2.75, 3.05) is 7.11 Å². The van der Waals surface area contributed by atoms with Gasteiger partial charge in [-0.25, -0.2) is 4.79 Å². The molecule has 8 nitrogen and oxygen atoms in total. The number of methoxy groups -OCH3 is 1. The van der Waals surface area contributed by atoms with Crippen LogP contribution in [0.5, 0.6) is 5.75 Å². The number of fused-ring (bicyclic) bond motifs is 3. The highest BCUT2D eigenvalue weighted by Gasteiger charge is 2.59. The van der Waals surface area contributed by atoms with Gasteiger partial charge in [-0.3, -0.25) is 9.59 Å². The highest BCUT2D eigenvalue weighted by molar-refractivity contribution is 6.53. The highest BCUT2D eigenvalue weighted by Crippen LogP contribution is 2.51. The lowest BCUT2D eigenvalue weighted by molar-refractivity contribution is -0.137. The second-order valence-electron chi connectivity index (χ2n) is 8.38. The number of likely N-dealkylation sites (tertiary alicyclic amines) is 1. The van der Waals surface area contributed by atoms with E-state index in [-0.39, 0.29) is 12.2 Å². The summed E-state index contributed by atoms with van der Waals surface area (Å²) in [5.41, 5.74) is 3.57. The zero-order valence-electron chi connectivity index (χ0n) is 17.3. The fraction of sp³-hybridized carbons (Fsp3) is 0.476. The molecule has 2 fully saturated rings. The molecule has 1 aromatic rings. The zero-order chi connectivity index (χ0) is 21.9. The fourth-order valence-corrected chi connectivity index (χ4v) is 5.22. The smallest absolute Gasteiger partial charge is 0.487 e. The largest absolute Gasteiger partial charge is 0.507 e. The van der Waals surface area contributed by atoms with Crippen LogP contribution in [0.1, 0.15) is 42.6 Å². The summed E-state index contributed by atoms with van der Waals surface area (Å²) in [7, 11) is -0.0806. The van der Waals surface area contributed by atoms with Crippen LogP contribution in [0.3, 0.4) is 0 Å². The number of aryl methyl sites for hydroxylation is 2. The van der Waals surface area contributed by atoms with Crippen molar-refractivity contribution in [3.8, 4) is 5.75 Å². The predicted octanol–water partition coefficient (Wildman–Crippen LogP) is 2.19. The number of hydrogen-bond donors (Lipinski definition) is 2. The van der Waals surface area contributed by atoms with E-state index in [2.05, 4.69) is 4.74 Å². The number of aromatic hydroxyl groups is 1. The van der Waals surface area contributed by atoms with Gasteiger partial charge in [0.25, 0.3) is 0 Å². The molecule has 0 saturated carbocycles. The standard InChI is InChI=1S/C21H24BNO7/c1-9-7-14-16(20(26)23(19(14)25)21(27)29-4)13-8-15(30-22(28)17(9)13)12-5-10(2)18(24)11(3)6-12/h5-6,13-16,24,28H,7-8H2,1-4H3/t13-,14-,15-,16+/m0/s1. The molecule has 2 aliphatic heterocycles. The number of benzene rings is 1. The number of ether oxygens (including phenoxy) is 1. The van der Waals surface area contributed by atoms with Crippen LogP contribution in [-0.4, -0.2) is 47.2 Å². The van der Waals surface area contributed by atoms with E-state index < -0.39 is 48.9 Å². The third-order valence-corrected chi connectivity index (χ3v) is 6.60. The predicted molar refractivity (Wildman–Crippen MR) is 106 cm³/mol. The minimum absolute atomic E-state index is 0.203. The molecule has 0 radical (unpaired) electrons. The topological polar surface area (TPSA) is 113 Å². The second kappa shape index (κ2) is 7.25. The number of hydrogen-bond acceptors (Lipinski definition) is 7. The Morgan fingerprint density at radius 2 is 1.80 bits per heavy atom. The minimum Gasteiger partial charge on any atom is -0.507 e. The van der Waals surface area contributed by atoms with E-state index in [1.807, 2.05) is 6.92 Å². The Morgan fingerprint density at radius 3 is 2.40 bits per heavy atom. The molecule has 2 N–H and O–H groups in total.